The number of hydrogen-bond donors (Lipinski definition) is 1. The number of anilines is 1. The van der Waals surface area contributed by atoms with Crippen LogP contribution in [0, 0.1) is 6.92 Å². The van der Waals surface area contributed by atoms with E-state index in [1.807, 2.05) is 18.4 Å². The molecule has 0 bridgehead atoms. The van der Waals surface area contributed by atoms with E-state index in [0.29, 0.717) is 20.6 Å². The Labute approximate surface area is 113 Å². The molecule has 1 aromatic carbocycles. The second kappa shape index (κ2) is 5.08. The van der Waals surface area contributed by atoms with Crippen molar-refractivity contribution >= 4 is 46.1 Å². The summed E-state index contributed by atoms with van der Waals surface area (Å²) in [6.45, 7) is 1.89. The summed E-state index contributed by atoms with van der Waals surface area (Å²) in [7, 11) is 0. The summed E-state index contributed by atoms with van der Waals surface area (Å²) in [6, 6.07) is 7.00. The molecule has 0 fully saturated rings. The van der Waals surface area contributed by atoms with Gasteiger partial charge in [-0.2, -0.15) is 0 Å². The lowest BCUT2D eigenvalue weighted by Gasteiger charge is -2.08. The van der Waals surface area contributed by atoms with Crippen molar-refractivity contribution in [1.29, 1.82) is 0 Å². The zero-order valence-electron chi connectivity index (χ0n) is 8.96. The Bertz CT molecular complexity index is 545. The van der Waals surface area contributed by atoms with E-state index >= 15 is 0 Å². The van der Waals surface area contributed by atoms with Crippen LogP contribution < -0.4 is 5.32 Å². The maximum absolute atomic E-state index is 12.0. The summed E-state index contributed by atoms with van der Waals surface area (Å²) in [5.74, 6) is -0.187. The summed E-state index contributed by atoms with van der Waals surface area (Å²) < 4.78 is 0. The molecule has 88 valence electrons. The molecule has 1 heterocycles. The van der Waals surface area contributed by atoms with Crippen LogP contribution in [0.25, 0.3) is 0 Å². The molecule has 17 heavy (non-hydrogen) atoms. The van der Waals surface area contributed by atoms with Crippen LogP contribution in [0.2, 0.25) is 10.0 Å². The molecule has 0 saturated carbocycles. The summed E-state index contributed by atoms with van der Waals surface area (Å²) in [5, 5.41) is 5.46. The molecule has 0 aliphatic carbocycles. The summed E-state index contributed by atoms with van der Waals surface area (Å²) in [6.07, 6.45) is 0. The molecule has 0 radical (unpaired) electrons. The number of hydrogen-bond acceptors (Lipinski definition) is 2. The Morgan fingerprint density at radius 2 is 1.88 bits per heavy atom. The maximum Gasteiger partial charge on any atom is 0.266 e. The summed E-state index contributed by atoms with van der Waals surface area (Å²) in [4.78, 5) is 12.7. The van der Waals surface area contributed by atoms with Crippen molar-refractivity contribution in [3.63, 3.8) is 0 Å². The highest BCUT2D eigenvalue weighted by Crippen LogP contribution is 2.30. The SMILES string of the molecule is Cc1ccsc1C(=O)Nc1c(Cl)cccc1Cl. The molecule has 0 spiro atoms. The molecule has 2 aromatic rings. The minimum Gasteiger partial charge on any atom is -0.319 e. The highest BCUT2D eigenvalue weighted by molar-refractivity contribution is 7.12. The third kappa shape index (κ3) is 2.63. The van der Waals surface area contributed by atoms with E-state index in [4.69, 9.17) is 23.2 Å². The van der Waals surface area contributed by atoms with E-state index in [-0.39, 0.29) is 5.91 Å². The smallest absolute Gasteiger partial charge is 0.266 e. The van der Waals surface area contributed by atoms with E-state index < -0.39 is 0 Å². The van der Waals surface area contributed by atoms with Crippen LogP contribution in [-0.2, 0) is 0 Å². The molecule has 0 aliphatic heterocycles. The van der Waals surface area contributed by atoms with Crippen LogP contribution in [0.1, 0.15) is 15.2 Å². The van der Waals surface area contributed by atoms with Crippen molar-refractivity contribution in [3.8, 4) is 0 Å². The van der Waals surface area contributed by atoms with Gasteiger partial charge >= 0.3 is 0 Å². The average Bonchev–Trinajstić information content (AvgIpc) is 2.70. The Balaban J connectivity index is 2.28. The highest BCUT2D eigenvalue weighted by atomic mass is 35.5. The largest absolute Gasteiger partial charge is 0.319 e. The predicted octanol–water partition coefficient (Wildman–Crippen LogP) is 4.62. The second-order valence-electron chi connectivity index (χ2n) is 3.48. The van der Waals surface area contributed by atoms with Gasteiger partial charge in [0.2, 0.25) is 0 Å². The third-order valence-electron chi connectivity index (χ3n) is 2.27. The fourth-order valence-electron chi connectivity index (χ4n) is 1.39. The van der Waals surface area contributed by atoms with Gasteiger partial charge in [0.05, 0.1) is 20.6 Å². The number of amides is 1. The van der Waals surface area contributed by atoms with Gasteiger partial charge in [0.25, 0.3) is 5.91 Å². The number of carbonyl (C=O) groups is 1. The molecule has 0 unspecified atom stereocenters. The lowest BCUT2D eigenvalue weighted by Crippen LogP contribution is -2.12. The third-order valence-corrected chi connectivity index (χ3v) is 3.91. The van der Waals surface area contributed by atoms with Gasteiger partial charge in [0.1, 0.15) is 0 Å². The van der Waals surface area contributed by atoms with Crippen molar-refractivity contribution in [2.24, 2.45) is 0 Å². The fraction of sp³-hybridized carbons (Fsp3) is 0.0833. The van der Waals surface area contributed by atoms with Gasteiger partial charge in [-0.05, 0) is 36.1 Å². The molecular formula is C12H9Cl2NOS. The van der Waals surface area contributed by atoms with Crippen LogP contribution in [0.15, 0.2) is 29.6 Å². The van der Waals surface area contributed by atoms with Gasteiger partial charge in [-0.15, -0.1) is 11.3 Å². The first kappa shape index (κ1) is 12.4. The van der Waals surface area contributed by atoms with E-state index in [1.54, 1.807) is 18.2 Å². The van der Waals surface area contributed by atoms with E-state index in [9.17, 15) is 4.79 Å². The van der Waals surface area contributed by atoms with Crippen molar-refractivity contribution in [2.45, 2.75) is 6.92 Å². The number of benzene rings is 1. The van der Waals surface area contributed by atoms with Crippen molar-refractivity contribution in [1.82, 2.24) is 0 Å². The highest BCUT2D eigenvalue weighted by Gasteiger charge is 2.14. The summed E-state index contributed by atoms with van der Waals surface area (Å²) >= 11 is 13.3. The molecular weight excluding hydrogens is 277 g/mol. The number of para-hydroxylation sites is 1. The first-order valence-corrected chi connectivity index (χ1v) is 6.52. The standard InChI is InChI=1S/C12H9Cl2NOS/c1-7-5-6-17-11(7)12(16)15-10-8(13)3-2-4-9(10)14/h2-6H,1H3,(H,15,16). The molecule has 0 saturated heterocycles. The molecule has 0 atom stereocenters. The first-order chi connectivity index (χ1) is 8.09. The maximum atomic E-state index is 12.0. The lowest BCUT2D eigenvalue weighted by atomic mass is 10.2. The van der Waals surface area contributed by atoms with Gasteiger partial charge in [-0.25, -0.2) is 0 Å². The normalized spacial score (nSPS) is 10.3. The minimum absolute atomic E-state index is 0.187. The molecule has 1 aromatic heterocycles. The van der Waals surface area contributed by atoms with Crippen LogP contribution in [0.5, 0.6) is 0 Å². The summed E-state index contributed by atoms with van der Waals surface area (Å²) in [5.41, 5.74) is 1.39. The van der Waals surface area contributed by atoms with Gasteiger partial charge < -0.3 is 5.32 Å². The van der Waals surface area contributed by atoms with Crippen molar-refractivity contribution in [3.05, 3.63) is 50.1 Å². The Morgan fingerprint density at radius 3 is 2.41 bits per heavy atom. The zero-order chi connectivity index (χ0) is 12.4. The van der Waals surface area contributed by atoms with Crippen molar-refractivity contribution < 1.29 is 4.79 Å². The molecule has 2 nitrogen and oxygen atoms in total. The first-order valence-electron chi connectivity index (χ1n) is 4.89. The average molecular weight is 286 g/mol. The van der Waals surface area contributed by atoms with Gasteiger partial charge in [-0.1, -0.05) is 29.3 Å². The van der Waals surface area contributed by atoms with E-state index in [0.717, 1.165) is 5.56 Å². The second-order valence-corrected chi connectivity index (χ2v) is 5.21. The quantitative estimate of drug-likeness (QED) is 0.857. The van der Waals surface area contributed by atoms with E-state index in [2.05, 4.69) is 5.32 Å². The van der Waals surface area contributed by atoms with Gasteiger partial charge in [0, 0.05) is 0 Å². The molecule has 2 rings (SSSR count). The Kier molecular flexibility index (Phi) is 3.72. The zero-order valence-corrected chi connectivity index (χ0v) is 11.3. The lowest BCUT2D eigenvalue weighted by molar-refractivity contribution is 0.103. The number of aryl methyl sites for hydroxylation is 1. The van der Waals surface area contributed by atoms with E-state index in [1.165, 1.54) is 11.3 Å². The number of nitrogens with one attached hydrogen (secondary N) is 1. The molecule has 0 aliphatic rings. The van der Waals surface area contributed by atoms with Crippen molar-refractivity contribution in [2.75, 3.05) is 5.32 Å². The Hall–Kier alpha value is -1.03. The predicted molar refractivity (Wildman–Crippen MR) is 73.5 cm³/mol. The van der Waals surface area contributed by atoms with Crippen LogP contribution in [-0.4, -0.2) is 5.91 Å². The monoisotopic (exact) mass is 285 g/mol. The number of halogens is 2. The number of rotatable bonds is 2. The fourth-order valence-corrected chi connectivity index (χ4v) is 2.71. The van der Waals surface area contributed by atoms with Crippen LogP contribution in [0.3, 0.4) is 0 Å². The Morgan fingerprint density at radius 1 is 1.24 bits per heavy atom. The minimum atomic E-state index is -0.187. The molecule has 5 heteroatoms. The molecule has 1 amide bonds. The van der Waals surface area contributed by atoms with Gasteiger partial charge in [-0.3, -0.25) is 4.79 Å². The van der Waals surface area contributed by atoms with Gasteiger partial charge in [0.15, 0.2) is 0 Å². The van der Waals surface area contributed by atoms with Crippen LogP contribution >= 0.6 is 34.5 Å². The topological polar surface area (TPSA) is 29.1 Å². The number of carbonyl (C=O) groups excluding carboxylic acids is 1. The number of thiophene rings is 1. The van der Waals surface area contributed by atoms with Crippen LogP contribution in [0.4, 0.5) is 5.69 Å². The molecule has 1 N–H and O–H groups in total.